The average molecular weight is 601 g/mol. The van der Waals surface area contributed by atoms with E-state index in [9.17, 15) is 32.3 Å². The van der Waals surface area contributed by atoms with Crippen LogP contribution in [0.1, 0.15) is 55.0 Å². The van der Waals surface area contributed by atoms with Crippen LogP contribution in [0.2, 0.25) is 0 Å². The lowest BCUT2D eigenvalue weighted by molar-refractivity contribution is -0.422. The van der Waals surface area contributed by atoms with E-state index in [1.807, 2.05) is 0 Å². The fraction of sp³-hybridized carbons (Fsp3) is 0.400. The van der Waals surface area contributed by atoms with Crippen molar-refractivity contribution < 1.29 is 41.3 Å². The zero-order chi connectivity index (χ0) is 31.1. The van der Waals surface area contributed by atoms with Crippen molar-refractivity contribution in [1.82, 2.24) is 20.1 Å². The van der Waals surface area contributed by atoms with Gasteiger partial charge in [-0.1, -0.05) is 43.0 Å². The van der Waals surface area contributed by atoms with Crippen LogP contribution in [0.4, 0.5) is 22.4 Å². The summed E-state index contributed by atoms with van der Waals surface area (Å²) in [6.45, 7) is 4.32. The number of alkyl halides is 3. The second-order valence-electron chi connectivity index (χ2n) is 10.9. The highest BCUT2D eigenvalue weighted by atomic mass is 19.3. The number of hydrogen-bond acceptors (Lipinski definition) is 5. The molecular formula is C30H30F4N5O4+. The number of likely N-dealkylation sites (tertiary alicyclic amines) is 1. The van der Waals surface area contributed by atoms with Crippen LogP contribution in [0.25, 0.3) is 0 Å². The lowest BCUT2D eigenvalue weighted by Gasteiger charge is -2.35. The second-order valence-corrected chi connectivity index (χ2v) is 10.9. The molecule has 0 spiro atoms. The molecule has 3 aliphatic rings. The monoisotopic (exact) mass is 600 g/mol. The Morgan fingerprint density at radius 2 is 1.86 bits per heavy atom. The molecule has 43 heavy (non-hydrogen) atoms. The molecular weight excluding hydrogens is 570 g/mol. The van der Waals surface area contributed by atoms with E-state index in [2.05, 4.69) is 16.9 Å². The maximum atomic E-state index is 15.0. The van der Waals surface area contributed by atoms with Crippen LogP contribution in [0.5, 0.6) is 0 Å². The summed E-state index contributed by atoms with van der Waals surface area (Å²) in [6.07, 6.45) is -1.62. The first-order valence-corrected chi connectivity index (χ1v) is 13.9. The Balaban J connectivity index is 1.36. The zero-order valence-corrected chi connectivity index (χ0v) is 23.3. The minimum Gasteiger partial charge on any atom is -0.342 e. The number of carbonyl (C=O) groups is 4. The molecule has 9 nitrogen and oxygen atoms in total. The minimum absolute atomic E-state index is 0.00388. The molecule has 2 fully saturated rings. The Hall–Kier alpha value is -4.42. The Bertz CT molecular complexity index is 1510. The Labute approximate surface area is 244 Å². The zero-order valence-electron chi connectivity index (χ0n) is 23.3. The van der Waals surface area contributed by atoms with Gasteiger partial charge in [0.2, 0.25) is 17.8 Å². The summed E-state index contributed by atoms with van der Waals surface area (Å²) in [7, 11) is 0. The van der Waals surface area contributed by atoms with Crippen LogP contribution in [-0.2, 0) is 14.4 Å². The van der Waals surface area contributed by atoms with Gasteiger partial charge in [-0.15, -0.1) is 0 Å². The summed E-state index contributed by atoms with van der Waals surface area (Å²) < 4.78 is 57.4. The van der Waals surface area contributed by atoms with E-state index in [0.717, 1.165) is 20.6 Å². The van der Waals surface area contributed by atoms with Crippen LogP contribution < -0.4 is 5.32 Å². The third-order valence-electron chi connectivity index (χ3n) is 7.95. The molecule has 226 valence electrons. The number of likely N-dealkylation sites (N-methyl/N-ethyl adjacent to an activating group) is 1. The lowest BCUT2D eigenvalue weighted by Crippen LogP contribution is -2.52. The van der Waals surface area contributed by atoms with Gasteiger partial charge in [0.05, 0.1) is 30.4 Å². The Morgan fingerprint density at radius 3 is 2.49 bits per heavy atom. The van der Waals surface area contributed by atoms with Crippen LogP contribution in [-0.4, -0.2) is 87.1 Å². The van der Waals surface area contributed by atoms with Crippen molar-refractivity contribution in [1.29, 1.82) is 0 Å². The number of imide groups is 1. The number of pyridine rings is 1. The molecule has 2 aromatic rings. The summed E-state index contributed by atoms with van der Waals surface area (Å²) in [5.41, 5.74) is 0.678. The SMILES string of the molecule is C=C1C=[N+](CC(=O)N2C[C@H](F)C[C@H]2C(=O)N[C@@H](c2ccccc2)c2ccc(C3CC(F)(F)C3)c(F)n2)C(=O)N(CC)C1=O. The predicted molar refractivity (Wildman–Crippen MR) is 146 cm³/mol. The summed E-state index contributed by atoms with van der Waals surface area (Å²) in [5.74, 6) is -6.45. The number of hydrogen-bond donors (Lipinski definition) is 1. The molecule has 1 saturated heterocycles. The summed E-state index contributed by atoms with van der Waals surface area (Å²) in [5, 5.41) is 2.75. The molecule has 0 unspecified atom stereocenters. The third-order valence-corrected chi connectivity index (χ3v) is 7.95. The van der Waals surface area contributed by atoms with Gasteiger partial charge in [0.25, 0.3) is 5.91 Å². The number of halogens is 4. The van der Waals surface area contributed by atoms with Crippen molar-refractivity contribution in [2.75, 3.05) is 19.6 Å². The van der Waals surface area contributed by atoms with E-state index >= 15 is 4.39 Å². The van der Waals surface area contributed by atoms with Crippen molar-refractivity contribution >= 4 is 30.0 Å². The van der Waals surface area contributed by atoms with E-state index in [-0.39, 0.29) is 36.3 Å². The molecule has 2 aliphatic heterocycles. The molecule has 5 rings (SSSR count). The number of carbonyl (C=O) groups excluding carboxylic acids is 4. The minimum atomic E-state index is -2.84. The van der Waals surface area contributed by atoms with Crippen LogP contribution in [0.15, 0.2) is 54.6 Å². The largest absolute Gasteiger partial charge is 0.501 e. The second kappa shape index (κ2) is 11.7. The van der Waals surface area contributed by atoms with E-state index in [0.29, 0.717) is 5.56 Å². The number of urea groups is 1. The van der Waals surface area contributed by atoms with Crippen molar-refractivity contribution in [3.05, 3.63) is 77.4 Å². The average Bonchev–Trinajstić information content (AvgIpc) is 3.36. The maximum Gasteiger partial charge on any atom is 0.501 e. The lowest BCUT2D eigenvalue weighted by atomic mass is 9.77. The first-order valence-electron chi connectivity index (χ1n) is 13.9. The molecule has 0 radical (unpaired) electrons. The van der Waals surface area contributed by atoms with Crippen molar-refractivity contribution in [3.63, 3.8) is 0 Å². The maximum absolute atomic E-state index is 15.0. The Kier molecular flexibility index (Phi) is 8.17. The molecule has 1 aliphatic carbocycles. The van der Waals surface area contributed by atoms with Gasteiger partial charge in [-0.2, -0.15) is 18.7 Å². The van der Waals surface area contributed by atoms with Gasteiger partial charge in [0, 0.05) is 24.8 Å². The number of aromatic nitrogens is 1. The van der Waals surface area contributed by atoms with Gasteiger partial charge >= 0.3 is 11.9 Å². The fourth-order valence-corrected chi connectivity index (χ4v) is 5.67. The van der Waals surface area contributed by atoms with Crippen molar-refractivity contribution in [3.8, 4) is 0 Å². The van der Waals surface area contributed by atoms with Gasteiger partial charge in [-0.25, -0.2) is 22.9 Å². The van der Waals surface area contributed by atoms with Crippen molar-refractivity contribution in [2.45, 2.75) is 56.3 Å². The highest BCUT2D eigenvalue weighted by Crippen LogP contribution is 2.48. The van der Waals surface area contributed by atoms with E-state index in [1.165, 1.54) is 12.1 Å². The smallest absolute Gasteiger partial charge is 0.342 e. The standard InChI is InChI=1S/C30H29F4N5O4/c1-3-38-28(42)17(2)14-37(29(38)43)16-24(40)39-15-20(31)11-23(39)27(41)36-25(18-7-5-4-6-8-18)22-10-9-21(26(32)35-22)19-12-30(33,34)13-19/h4-10,14,19-20,23,25H,2-3,11-13,15-16H2,1H3/p+1/t20-,23+,25+/m1/s1. The van der Waals surface area contributed by atoms with Gasteiger partial charge in [-0.3, -0.25) is 9.59 Å². The summed E-state index contributed by atoms with van der Waals surface area (Å²) >= 11 is 0. The topological polar surface area (TPSA) is 103 Å². The third kappa shape index (κ3) is 6.06. The van der Waals surface area contributed by atoms with E-state index in [4.69, 9.17) is 0 Å². The molecule has 5 amide bonds. The predicted octanol–water partition coefficient (Wildman–Crippen LogP) is 3.50. The van der Waals surface area contributed by atoms with E-state index in [1.54, 1.807) is 37.3 Å². The quantitative estimate of drug-likeness (QED) is 0.216. The van der Waals surface area contributed by atoms with Crippen LogP contribution in [0.3, 0.4) is 0 Å². The number of nitrogens with one attached hydrogen (secondary N) is 1. The normalized spacial score (nSPS) is 22.7. The van der Waals surface area contributed by atoms with E-state index < -0.39 is 79.2 Å². The molecule has 1 saturated carbocycles. The van der Waals surface area contributed by atoms with Gasteiger partial charge in [0.1, 0.15) is 18.4 Å². The molecule has 1 aromatic heterocycles. The highest BCUT2D eigenvalue weighted by Gasteiger charge is 2.47. The molecule has 0 bridgehead atoms. The number of nitrogens with zero attached hydrogens (tertiary/aromatic N) is 4. The van der Waals surface area contributed by atoms with Gasteiger partial charge in [0.15, 0.2) is 6.54 Å². The van der Waals surface area contributed by atoms with Crippen LogP contribution in [0, 0.1) is 5.95 Å². The number of amides is 5. The van der Waals surface area contributed by atoms with Gasteiger partial charge in [-0.05, 0) is 24.5 Å². The van der Waals surface area contributed by atoms with Crippen molar-refractivity contribution in [2.24, 2.45) is 0 Å². The molecule has 1 N–H and O–H groups in total. The first kappa shape index (κ1) is 30.1. The first-order chi connectivity index (χ1) is 20.4. The van der Waals surface area contributed by atoms with Gasteiger partial charge < -0.3 is 10.2 Å². The molecule has 1 aromatic carbocycles. The highest BCUT2D eigenvalue weighted by molar-refractivity contribution is 6.17. The summed E-state index contributed by atoms with van der Waals surface area (Å²) in [6, 6.07) is 8.32. The molecule has 13 heteroatoms. The molecule has 3 heterocycles. The number of rotatable bonds is 8. The number of benzene rings is 1. The Morgan fingerprint density at radius 1 is 1.16 bits per heavy atom. The summed E-state index contributed by atoms with van der Waals surface area (Å²) in [4.78, 5) is 57.7. The fourth-order valence-electron chi connectivity index (χ4n) is 5.67. The molecule has 3 atom stereocenters. The van der Waals surface area contributed by atoms with Crippen LogP contribution >= 0.6 is 0 Å².